The molecule has 8 heteroatoms. The highest BCUT2D eigenvalue weighted by Gasteiger charge is 2.16. The molecule has 3 aromatic rings. The molecule has 0 spiro atoms. The molecule has 0 atom stereocenters. The number of hydrogen-bond donors (Lipinski definition) is 1. The van der Waals surface area contributed by atoms with Crippen LogP contribution in [0.4, 0.5) is 4.39 Å². The molecule has 0 radical (unpaired) electrons. The van der Waals surface area contributed by atoms with Crippen LogP contribution < -0.4 is 10.9 Å². The van der Waals surface area contributed by atoms with Gasteiger partial charge in [-0.15, -0.1) is 0 Å². The summed E-state index contributed by atoms with van der Waals surface area (Å²) in [6.45, 7) is 3.23. The van der Waals surface area contributed by atoms with Gasteiger partial charge in [0.15, 0.2) is 0 Å². The van der Waals surface area contributed by atoms with E-state index in [1.54, 1.807) is 26.0 Å². The Bertz CT molecular complexity index is 977. The lowest BCUT2D eigenvalue weighted by Gasteiger charge is -2.10. The Kier molecular flexibility index (Phi) is 4.11. The minimum absolute atomic E-state index is 0.159. The molecular weight excluding hydrogens is 315 g/mol. The molecule has 7 nitrogen and oxygen atoms in total. The summed E-state index contributed by atoms with van der Waals surface area (Å²) in [5, 5.41) is 6.63. The Hall–Kier alpha value is -3.03. The number of rotatable bonds is 4. The van der Waals surface area contributed by atoms with E-state index in [0.29, 0.717) is 17.1 Å². The van der Waals surface area contributed by atoms with Gasteiger partial charge in [0.25, 0.3) is 11.3 Å². The lowest BCUT2D eigenvalue weighted by atomic mass is 10.2. The molecule has 0 fully saturated rings. The zero-order valence-electron chi connectivity index (χ0n) is 13.2. The number of carbonyl (C=O) groups excluding carboxylic acids is 1. The van der Waals surface area contributed by atoms with Gasteiger partial charge in [-0.3, -0.25) is 14.2 Å². The van der Waals surface area contributed by atoms with Gasteiger partial charge in [-0.1, -0.05) is 17.3 Å². The molecule has 1 amide bonds. The van der Waals surface area contributed by atoms with Crippen LogP contribution in [-0.4, -0.2) is 20.6 Å². The van der Waals surface area contributed by atoms with Crippen LogP contribution in [0.2, 0.25) is 0 Å². The van der Waals surface area contributed by atoms with Crippen molar-refractivity contribution in [3.63, 3.8) is 0 Å². The number of fused-ring (bicyclic) bond motifs is 1. The molecule has 0 bridgehead atoms. The SMILES string of the molecule is Cc1noc2nc(C)n(CC(=O)NCc3cccc(F)c3)c(=O)c12. The van der Waals surface area contributed by atoms with Gasteiger partial charge in [0, 0.05) is 6.54 Å². The van der Waals surface area contributed by atoms with Gasteiger partial charge in [-0.05, 0) is 31.5 Å². The number of halogens is 1. The summed E-state index contributed by atoms with van der Waals surface area (Å²) in [4.78, 5) is 28.7. The first-order valence-corrected chi connectivity index (χ1v) is 7.30. The Balaban J connectivity index is 1.78. The van der Waals surface area contributed by atoms with Crippen molar-refractivity contribution in [2.45, 2.75) is 26.9 Å². The quantitative estimate of drug-likeness (QED) is 0.782. The van der Waals surface area contributed by atoms with E-state index in [9.17, 15) is 14.0 Å². The zero-order valence-corrected chi connectivity index (χ0v) is 13.2. The Morgan fingerprint density at radius 2 is 2.17 bits per heavy atom. The maximum Gasteiger partial charge on any atom is 0.267 e. The van der Waals surface area contributed by atoms with E-state index in [2.05, 4.69) is 15.5 Å². The van der Waals surface area contributed by atoms with Crippen LogP contribution in [0.5, 0.6) is 0 Å². The van der Waals surface area contributed by atoms with E-state index in [0.717, 1.165) is 0 Å². The third-order valence-electron chi connectivity index (χ3n) is 3.64. The molecule has 0 aliphatic heterocycles. The summed E-state index contributed by atoms with van der Waals surface area (Å²) in [6, 6.07) is 5.94. The number of nitrogens with zero attached hydrogens (tertiary/aromatic N) is 3. The van der Waals surface area contributed by atoms with Gasteiger partial charge in [-0.25, -0.2) is 4.39 Å². The predicted octanol–water partition coefficient (Wildman–Crippen LogP) is 1.46. The number of carbonyl (C=O) groups is 1. The molecule has 1 aromatic carbocycles. The molecule has 0 unspecified atom stereocenters. The highest BCUT2D eigenvalue weighted by molar-refractivity contribution is 5.77. The molecule has 2 heterocycles. The largest absolute Gasteiger partial charge is 0.350 e. The average Bonchev–Trinajstić information content (AvgIpc) is 2.90. The van der Waals surface area contributed by atoms with E-state index in [-0.39, 0.29) is 41.5 Å². The second-order valence-electron chi connectivity index (χ2n) is 5.41. The van der Waals surface area contributed by atoms with Gasteiger partial charge < -0.3 is 9.84 Å². The minimum Gasteiger partial charge on any atom is -0.350 e. The molecule has 0 aliphatic carbocycles. The van der Waals surface area contributed by atoms with Crippen molar-refractivity contribution >= 4 is 17.0 Å². The van der Waals surface area contributed by atoms with Crippen molar-refractivity contribution in [2.24, 2.45) is 0 Å². The van der Waals surface area contributed by atoms with Gasteiger partial charge in [0.05, 0.1) is 5.69 Å². The maximum atomic E-state index is 13.1. The van der Waals surface area contributed by atoms with Gasteiger partial charge in [-0.2, -0.15) is 4.98 Å². The number of amides is 1. The number of benzene rings is 1. The lowest BCUT2D eigenvalue weighted by molar-refractivity contribution is -0.121. The second-order valence-corrected chi connectivity index (χ2v) is 5.41. The molecule has 0 aliphatic rings. The van der Waals surface area contributed by atoms with E-state index in [4.69, 9.17) is 4.52 Å². The monoisotopic (exact) mass is 330 g/mol. The third kappa shape index (κ3) is 3.03. The van der Waals surface area contributed by atoms with Crippen molar-refractivity contribution in [2.75, 3.05) is 0 Å². The van der Waals surface area contributed by atoms with Crippen LogP contribution in [0.15, 0.2) is 33.6 Å². The van der Waals surface area contributed by atoms with Crippen LogP contribution >= 0.6 is 0 Å². The van der Waals surface area contributed by atoms with E-state index >= 15 is 0 Å². The highest BCUT2D eigenvalue weighted by atomic mass is 19.1. The second kappa shape index (κ2) is 6.23. The summed E-state index contributed by atoms with van der Waals surface area (Å²) < 4.78 is 19.4. The minimum atomic E-state index is -0.378. The van der Waals surface area contributed by atoms with E-state index in [1.807, 2.05) is 0 Å². The smallest absolute Gasteiger partial charge is 0.267 e. The normalized spacial score (nSPS) is 11.0. The third-order valence-corrected chi connectivity index (χ3v) is 3.64. The molecule has 0 saturated carbocycles. The first-order chi connectivity index (χ1) is 11.5. The van der Waals surface area contributed by atoms with Gasteiger partial charge >= 0.3 is 0 Å². The highest BCUT2D eigenvalue weighted by Crippen LogP contribution is 2.11. The lowest BCUT2D eigenvalue weighted by Crippen LogP contribution is -2.33. The Morgan fingerprint density at radius 3 is 2.92 bits per heavy atom. The van der Waals surface area contributed by atoms with Crippen molar-refractivity contribution in [3.8, 4) is 0 Å². The van der Waals surface area contributed by atoms with Crippen LogP contribution in [0, 0.1) is 19.7 Å². The molecular formula is C16H15FN4O3. The first kappa shape index (κ1) is 15.9. The fraction of sp³-hybridized carbons (Fsp3) is 0.250. The van der Waals surface area contributed by atoms with Crippen LogP contribution in [0.3, 0.4) is 0 Å². The van der Waals surface area contributed by atoms with E-state index < -0.39 is 0 Å². The zero-order chi connectivity index (χ0) is 17.3. The molecule has 24 heavy (non-hydrogen) atoms. The van der Waals surface area contributed by atoms with Gasteiger partial charge in [0.1, 0.15) is 23.6 Å². The number of nitrogens with one attached hydrogen (secondary N) is 1. The number of hydrogen-bond acceptors (Lipinski definition) is 5. The van der Waals surface area contributed by atoms with Crippen LogP contribution in [0.1, 0.15) is 17.1 Å². The van der Waals surface area contributed by atoms with Crippen molar-refractivity contribution < 1.29 is 13.7 Å². The number of aryl methyl sites for hydroxylation is 2. The molecule has 3 rings (SSSR count). The van der Waals surface area contributed by atoms with Crippen LogP contribution in [0.25, 0.3) is 11.1 Å². The molecule has 1 N–H and O–H groups in total. The summed E-state index contributed by atoms with van der Waals surface area (Å²) in [5.41, 5.74) is 0.843. The Labute approximate surface area is 136 Å². The summed E-state index contributed by atoms with van der Waals surface area (Å²) in [6.07, 6.45) is 0. The predicted molar refractivity (Wildman–Crippen MR) is 83.8 cm³/mol. The summed E-state index contributed by atoms with van der Waals surface area (Å²) >= 11 is 0. The summed E-state index contributed by atoms with van der Waals surface area (Å²) in [7, 11) is 0. The van der Waals surface area contributed by atoms with Gasteiger partial charge in [0.2, 0.25) is 5.91 Å². The molecule has 0 saturated heterocycles. The Morgan fingerprint density at radius 1 is 1.38 bits per heavy atom. The number of aromatic nitrogens is 3. The fourth-order valence-corrected chi connectivity index (χ4v) is 2.40. The first-order valence-electron chi connectivity index (χ1n) is 7.30. The summed E-state index contributed by atoms with van der Waals surface area (Å²) in [5.74, 6) is -0.393. The van der Waals surface area contributed by atoms with Crippen LogP contribution in [-0.2, 0) is 17.9 Å². The topological polar surface area (TPSA) is 90.0 Å². The standard InChI is InChI=1S/C16H15FN4O3/c1-9-14-15(24-20-9)19-10(2)21(16(14)23)8-13(22)18-7-11-4-3-5-12(17)6-11/h3-6H,7-8H2,1-2H3,(H,18,22). The van der Waals surface area contributed by atoms with Crippen molar-refractivity contribution in [1.82, 2.24) is 20.0 Å². The maximum absolute atomic E-state index is 13.1. The van der Waals surface area contributed by atoms with Crippen molar-refractivity contribution in [3.05, 3.63) is 57.5 Å². The van der Waals surface area contributed by atoms with Crippen molar-refractivity contribution in [1.29, 1.82) is 0 Å². The molecule has 124 valence electrons. The fourth-order valence-electron chi connectivity index (χ4n) is 2.40. The van der Waals surface area contributed by atoms with E-state index in [1.165, 1.54) is 16.7 Å². The molecule has 2 aromatic heterocycles. The average molecular weight is 330 g/mol.